The van der Waals surface area contributed by atoms with E-state index in [1.165, 1.54) is 16.3 Å². The van der Waals surface area contributed by atoms with E-state index in [-0.39, 0.29) is 23.4 Å². The van der Waals surface area contributed by atoms with Crippen LogP contribution in [-0.4, -0.2) is 31.1 Å². The first-order valence-corrected chi connectivity index (χ1v) is 7.94. The van der Waals surface area contributed by atoms with Crippen LogP contribution < -0.4 is 10.2 Å². The molecule has 0 aliphatic carbocycles. The number of imide groups is 1. The fourth-order valence-corrected chi connectivity index (χ4v) is 4.25. The molecule has 0 saturated carbocycles. The van der Waals surface area contributed by atoms with Crippen molar-refractivity contribution in [3.63, 3.8) is 0 Å². The number of fused-ring (bicyclic) bond motifs is 1. The van der Waals surface area contributed by atoms with Gasteiger partial charge in [0, 0.05) is 17.5 Å². The van der Waals surface area contributed by atoms with Gasteiger partial charge in [-0.25, -0.2) is 0 Å². The number of piperidine rings is 1. The van der Waals surface area contributed by atoms with Crippen LogP contribution in [0.5, 0.6) is 0 Å². The summed E-state index contributed by atoms with van der Waals surface area (Å²) < 4.78 is 5.56. The number of hydrogen-bond donors (Lipinski definition) is 1. The molecule has 0 bridgehead atoms. The summed E-state index contributed by atoms with van der Waals surface area (Å²) in [6, 6.07) is 12.2. The highest BCUT2D eigenvalue weighted by atomic mass is 16.5. The van der Waals surface area contributed by atoms with Crippen molar-refractivity contribution in [2.24, 2.45) is 0 Å². The zero-order valence-corrected chi connectivity index (χ0v) is 12.5. The third kappa shape index (κ3) is 1.55. The number of carbonyl (C=O) groups excluding carboxylic acids is 2. The van der Waals surface area contributed by atoms with Crippen LogP contribution in [0.1, 0.15) is 18.4 Å². The Kier molecular flexibility index (Phi) is 2.46. The number of nitrogens with one attached hydrogen (secondary N) is 1. The Labute approximate surface area is 133 Å². The van der Waals surface area contributed by atoms with E-state index in [1.54, 1.807) is 0 Å². The molecule has 5 nitrogen and oxygen atoms in total. The third-order valence-corrected chi connectivity index (χ3v) is 5.31. The highest BCUT2D eigenvalue weighted by Crippen LogP contribution is 2.52. The average molecular weight is 308 g/mol. The molecule has 0 radical (unpaired) electrons. The molecule has 5 heteroatoms. The number of nitrogens with zero attached hydrogens (tertiary/aromatic N) is 1. The summed E-state index contributed by atoms with van der Waals surface area (Å²) in [4.78, 5) is 26.2. The molecule has 2 fully saturated rings. The van der Waals surface area contributed by atoms with E-state index < -0.39 is 0 Å². The smallest absolute Gasteiger partial charge is 0.249 e. The largest absolute Gasteiger partial charge is 0.376 e. The predicted octanol–water partition coefficient (Wildman–Crippen LogP) is 1.69. The number of hydrogen-bond acceptors (Lipinski definition) is 4. The second-order valence-electron chi connectivity index (χ2n) is 6.54. The summed E-state index contributed by atoms with van der Waals surface area (Å²) in [6.45, 7) is 1.16. The molecule has 0 aromatic heterocycles. The van der Waals surface area contributed by atoms with Crippen LogP contribution in [0.4, 0.5) is 5.69 Å². The number of amides is 2. The molecule has 1 spiro atoms. The second-order valence-corrected chi connectivity index (χ2v) is 6.54. The lowest BCUT2D eigenvalue weighted by molar-refractivity contribution is -0.135. The van der Waals surface area contributed by atoms with Crippen LogP contribution in [0.3, 0.4) is 0 Å². The van der Waals surface area contributed by atoms with E-state index in [9.17, 15) is 9.59 Å². The van der Waals surface area contributed by atoms with Gasteiger partial charge in [-0.05, 0) is 23.4 Å². The predicted molar refractivity (Wildman–Crippen MR) is 85.1 cm³/mol. The maximum absolute atomic E-state index is 12.5. The maximum Gasteiger partial charge on any atom is 0.249 e. The van der Waals surface area contributed by atoms with Gasteiger partial charge < -0.3 is 9.64 Å². The monoisotopic (exact) mass is 308 g/mol. The van der Waals surface area contributed by atoms with Crippen LogP contribution in [-0.2, 0) is 19.9 Å². The highest BCUT2D eigenvalue weighted by molar-refractivity contribution is 6.07. The summed E-state index contributed by atoms with van der Waals surface area (Å²) >= 11 is 0. The molecule has 2 aromatic carbocycles. The number of benzene rings is 2. The van der Waals surface area contributed by atoms with Crippen molar-refractivity contribution in [1.29, 1.82) is 0 Å². The lowest BCUT2D eigenvalue weighted by atomic mass is 9.85. The van der Waals surface area contributed by atoms with E-state index in [0.717, 1.165) is 5.69 Å². The van der Waals surface area contributed by atoms with E-state index in [1.807, 2.05) is 6.07 Å². The number of carbonyl (C=O) groups is 2. The van der Waals surface area contributed by atoms with Crippen LogP contribution >= 0.6 is 0 Å². The van der Waals surface area contributed by atoms with Gasteiger partial charge in [-0.15, -0.1) is 0 Å². The zero-order valence-electron chi connectivity index (χ0n) is 12.5. The summed E-state index contributed by atoms with van der Waals surface area (Å²) in [7, 11) is 0. The first kappa shape index (κ1) is 13.1. The summed E-state index contributed by atoms with van der Waals surface area (Å²) in [5, 5.41) is 4.88. The summed E-state index contributed by atoms with van der Waals surface area (Å²) in [5.41, 5.74) is 2.04. The fraction of sp³-hybridized carbons (Fsp3) is 0.333. The molecular weight excluding hydrogens is 292 g/mol. The molecule has 3 aliphatic heterocycles. The van der Waals surface area contributed by atoms with Crippen LogP contribution in [0, 0.1) is 0 Å². The van der Waals surface area contributed by atoms with Crippen LogP contribution in [0.2, 0.25) is 0 Å². The van der Waals surface area contributed by atoms with Crippen LogP contribution in [0.25, 0.3) is 10.8 Å². The minimum Gasteiger partial charge on any atom is -0.376 e. The van der Waals surface area contributed by atoms with Gasteiger partial charge in [0.1, 0.15) is 11.6 Å². The number of ether oxygens (including phenoxy) is 1. The molecule has 5 rings (SSSR count). The van der Waals surface area contributed by atoms with Gasteiger partial charge in [-0.1, -0.05) is 30.3 Å². The molecule has 23 heavy (non-hydrogen) atoms. The van der Waals surface area contributed by atoms with Crippen molar-refractivity contribution in [3.8, 4) is 0 Å². The van der Waals surface area contributed by atoms with Crippen LogP contribution in [0.15, 0.2) is 36.4 Å². The standard InChI is InChI=1S/C18H16N2O3/c21-15-8-7-14(17(22)19-15)20-13-6-2-4-11-3-1-5-12(16(11)13)18(20)9-23-10-18/h1-6,14H,7-10H2,(H,19,21,22). The average Bonchev–Trinajstić information content (AvgIpc) is 2.81. The van der Waals surface area contributed by atoms with Gasteiger partial charge >= 0.3 is 0 Å². The zero-order chi connectivity index (χ0) is 15.6. The minimum absolute atomic E-state index is 0.180. The number of anilines is 1. The Morgan fingerprint density at radius 1 is 1.13 bits per heavy atom. The fourth-order valence-electron chi connectivity index (χ4n) is 4.25. The quantitative estimate of drug-likeness (QED) is 0.815. The highest BCUT2D eigenvalue weighted by Gasteiger charge is 2.55. The van der Waals surface area contributed by atoms with Gasteiger partial charge in [0.2, 0.25) is 11.8 Å². The van der Waals surface area contributed by atoms with Crippen molar-refractivity contribution in [2.75, 3.05) is 18.1 Å². The van der Waals surface area contributed by atoms with E-state index in [2.05, 4.69) is 40.5 Å². The maximum atomic E-state index is 12.5. The second kappa shape index (κ2) is 4.32. The molecular formula is C18H16N2O3. The molecule has 1 N–H and O–H groups in total. The molecule has 3 aliphatic rings. The first-order chi connectivity index (χ1) is 11.2. The molecule has 116 valence electrons. The Bertz CT molecular complexity index is 851. The van der Waals surface area contributed by atoms with Crippen molar-refractivity contribution in [1.82, 2.24) is 5.32 Å². The topological polar surface area (TPSA) is 58.6 Å². The van der Waals surface area contributed by atoms with E-state index in [0.29, 0.717) is 26.1 Å². The Balaban J connectivity index is 1.72. The SMILES string of the molecule is O=C1CCC(N2c3cccc4cccc(c34)C23COC3)C(=O)N1. The van der Waals surface area contributed by atoms with Gasteiger partial charge in [0.05, 0.1) is 13.2 Å². The summed E-state index contributed by atoms with van der Waals surface area (Å²) in [6.07, 6.45) is 0.937. The van der Waals surface area contributed by atoms with Gasteiger partial charge in [-0.3, -0.25) is 14.9 Å². The van der Waals surface area contributed by atoms with Gasteiger partial charge in [0.15, 0.2) is 0 Å². The lowest BCUT2D eigenvalue weighted by Crippen LogP contribution is -2.65. The number of rotatable bonds is 1. The molecule has 3 heterocycles. The molecule has 2 saturated heterocycles. The van der Waals surface area contributed by atoms with E-state index in [4.69, 9.17) is 4.74 Å². The molecule has 1 atom stereocenters. The van der Waals surface area contributed by atoms with Crippen molar-refractivity contribution in [2.45, 2.75) is 24.4 Å². The first-order valence-electron chi connectivity index (χ1n) is 7.94. The van der Waals surface area contributed by atoms with Crippen molar-refractivity contribution in [3.05, 3.63) is 42.0 Å². The minimum atomic E-state index is -0.324. The van der Waals surface area contributed by atoms with Gasteiger partial charge in [-0.2, -0.15) is 0 Å². The van der Waals surface area contributed by atoms with Crippen molar-refractivity contribution < 1.29 is 14.3 Å². The normalized spacial score (nSPS) is 24.9. The summed E-state index contributed by atoms with van der Waals surface area (Å²) in [5.74, 6) is -0.377. The van der Waals surface area contributed by atoms with E-state index >= 15 is 0 Å². The van der Waals surface area contributed by atoms with Crippen molar-refractivity contribution >= 4 is 28.3 Å². The molecule has 1 unspecified atom stereocenters. The molecule has 2 aromatic rings. The Morgan fingerprint density at radius 2 is 1.91 bits per heavy atom. The molecule has 2 amide bonds. The lowest BCUT2D eigenvalue weighted by Gasteiger charge is -2.50. The Morgan fingerprint density at radius 3 is 2.61 bits per heavy atom. The van der Waals surface area contributed by atoms with Gasteiger partial charge in [0.25, 0.3) is 0 Å². The third-order valence-electron chi connectivity index (χ3n) is 5.31. The Hall–Kier alpha value is -2.40.